The number of carbonyl (C=O) groups is 2. The molecule has 8 heteroatoms. The third-order valence-electron chi connectivity index (χ3n) is 4.50. The fraction of sp³-hybridized carbons (Fsp3) is 0.300. The third kappa shape index (κ3) is 4.88. The first-order valence-corrected chi connectivity index (χ1v) is 9.70. The normalized spacial score (nSPS) is 13.5. The maximum atomic E-state index is 12.2. The van der Waals surface area contributed by atoms with Crippen molar-refractivity contribution in [3.8, 4) is 5.75 Å². The van der Waals surface area contributed by atoms with E-state index in [4.69, 9.17) is 27.9 Å². The number of urea groups is 1. The number of hydrogen-bond acceptors (Lipinski definition) is 3. The number of amides is 3. The number of ether oxygens (including phenoxy) is 1. The minimum Gasteiger partial charge on any atom is -0.494 e. The molecule has 0 saturated carbocycles. The number of benzene rings is 2. The molecule has 2 N–H and O–H groups in total. The molecule has 1 aliphatic rings. The van der Waals surface area contributed by atoms with Crippen LogP contribution in [0.25, 0.3) is 0 Å². The Bertz CT molecular complexity index is 889. The first kappa shape index (κ1) is 20.3. The summed E-state index contributed by atoms with van der Waals surface area (Å²) in [4.78, 5) is 25.8. The smallest absolute Gasteiger partial charge is 0.319 e. The van der Waals surface area contributed by atoms with E-state index in [2.05, 4.69) is 10.6 Å². The van der Waals surface area contributed by atoms with E-state index in [0.717, 1.165) is 12.0 Å². The molecule has 1 saturated heterocycles. The number of carbonyl (C=O) groups excluding carboxylic acids is 2. The average Bonchev–Trinajstić information content (AvgIpc) is 3.09. The van der Waals surface area contributed by atoms with Crippen molar-refractivity contribution in [2.24, 2.45) is 0 Å². The number of nitrogens with zero attached hydrogens (tertiary/aromatic N) is 1. The van der Waals surface area contributed by atoms with Crippen molar-refractivity contribution in [1.82, 2.24) is 5.32 Å². The average molecular weight is 422 g/mol. The van der Waals surface area contributed by atoms with Crippen LogP contribution in [-0.4, -0.2) is 32.1 Å². The van der Waals surface area contributed by atoms with E-state index in [-0.39, 0.29) is 11.9 Å². The zero-order valence-corrected chi connectivity index (χ0v) is 16.9. The Morgan fingerprint density at radius 1 is 1.21 bits per heavy atom. The Kier molecular flexibility index (Phi) is 6.65. The van der Waals surface area contributed by atoms with Crippen molar-refractivity contribution >= 4 is 46.5 Å². The molecule has 2 aromatic rings. The van der Waals surface area contributed by atoms with Gasteiger partial charge >= 0.3 is 6.03 Å². The quantitative estimate of drug-likeness (QED) is 0.721. The molecule has 3 amide bonds. The Balaban J connectivity index is 1.57. The summed E-state index contributed by atoms with van der Waals surface area (Å²) in [5.41, 5.74) is 2.20. The summed E-state index contributed by atoms with van der Waals surface area (Å²) in [6.45, 7) is 1.10. The Morgan fingerprint density at radius 3 is 2.71 bits per heavy atom. The highest BCUT2D eigenvalue weighted by molar-refractivity contribution is 6.35. The molecule has 3 rings (SSSR count). The van der Waals surface area contributed by atoms with Gasteiger partial charge < -0.3 is 20.3 Å². The highest BCUT2D eigenvalue weighted by Gasteiger charge is 2.24. The van der Waals surface area contributed by atoms with Crippen LogP contribution in [-0.2, 0) is 11.2 Å². The summed E-state index contributed by atoms with van der Waals surface area (Å²) in [5, 5.41) is 6.71. The Morgan fingerprint density at radius 2 is 2.04 bits per heavy atom. The van der Waals surface area contributed by atoms with E-state index in [1.54, 1.807) is 42.3 Å². The van der Waals surface area contributed by atoms with Gasteiger partial charge in [0.25, 0.3) is 0 Å². The molecule has 0 bridgehead atoms. The first-order chi connectivity index (χ1) is 13.5. The van der Waals surface area contributed by atoms with Gasteiger partial charge in [0.1, 0.15) is 5.75 Å². The zero-order chi connectivity index (χ0) is 20.1. The van der Waals surface area contributed by atoms with Gasteiger partial charge in [-0.2, -0.15) is 0 Å². The number of methoxy groups -OCH3 is 1. The molecular weight excluding hydrogens is 401 g/mol. The fourth-order valence-corrected chi connectivity index (χ4v) is 3.59. The molecular formula is C20H21Cl2N3O3. The molecule has 2 aromatic carbocycles. The summed E-state index contributed by atoms with van der Waals surface area (Å²) in [7, 11) is 1.54. The molecule has 6 nitrogen and oxygen atoms in total. The van der Waals surface area contributed by atoms with Gasteiger partial charge in [0.15, 0.2) is 0 Å². The zero-order valence-electron chi connectivity index (χ0n) is 15.4. The van der Waals surface area contributed by atoms with Crippen molar-refractivity contribution in [3.63, 3.8) is 0 Å². The third-order valence-corrected chi connectivity index (χ3v) is 5.08. The van der Waals surface area contributed by atoms with Gasteiger partial charge in [0, 0.05) is 41.3 Å². The molecule has 0 aliphatic carbocycles. The van der Waals surface area contributed by atoms with Crippen LogP contribution >= 0.6 is 23.2 Å². The van der Waals surface area contributed by atoms with Gasteiger partial charge in [-0.15, -0.1) is 0 Å². The molecule has 0 radical (unpaired) electrons. The largest absolute Gasteiger partial charge is 0.494 e. The number of anilines is 2. The standard InChI is InChI=1S/C20H21Cl2N3O3/c1-28-18-12-15(6-7-17(18)25-10-2-3-19(25)26)24-20(27)23-9-8-13-4-5-14(21)11-16(13)22/h4-7,11-12H,2-3,8-10H2,1H3,(H2,23,24,27). The van der Waals surface area contributed by atoms with Crippen molar-refractivity contribution in [3.05, 3.63) is 52.0 Å². The van der Waals surface area contributed by atoms with Gasteiger partial charge in [-0.1, -0.05) is 29.3 Å². The lowest BCUT2D eigenvalue weighted by molar-refractivity contribution is -0.117. The fourth-order valence-electron chi connectivity index (χ4n) is 3.09. The Labute approximate surface area is 173 Å². The summed E-state index contributed by atoms with van der Waals surface area (Å²) < 4.78 is 5.40. The van der Waals surface area contributed by atoms with Gasteiger partial charge in [-0.05, 0) is 42.7 Å². The van der Waals surface area contributed by atoms with E-state index in [1.165, 1.54) is 0 Å². The van der Waals surface area contributed by atoms with Crippen LogP contribution in [0.3, 0.4) is 0 Å². The lowest BCUT2D eigenvalue weighted by atomic mass is 10.1. The van der Waals surface area contributed by atoms with Gasteiger partial charge in [-0.25, -0.2) is 4.79 Å². The Hall–Kier alpha value is -2.44. The van der Waals surface area contributed by atoms with Crippen LogP contribution < -0.4 is 20.3 Å². The highest BCUT2D eigenvalue weighted by atomic mass is 35.5. The van der Waals surface area contributed by atoms with Crippen molar-refractivity contribution in [1.29, 1.82) is 0 Å². The molecule has 0 atom stereocenters. The SMILES string of the molecule is COc1cc(NC(=O)NCCc2ccc(Cl)cc2Cl)ccc1N1CCCC1=O. The molecule has 1 fully saturated rings. The van der Waals surface area contributed by atoms with E-state index in [9.17, 15) is 9.59 Å². The summed E-state index contributed by atoms with van der Waals surface area (Å²) in [6.07, 6.45) is 1.97. The van der Waals surface area contributed by atoms with Crippen molar-refractivity contribution in [2.75, 3.05) is 30.4 Å². The first-order valence-electron chi connectivity index (χ1n) is 8.95. The second-order valence-corrected chi connectivity index (χ2v) is 7.25. The molecule has 28 heavy (non-hydrogen) atoms. The summed E-state index contributed by atoms with van der Waals surface area (Å²) in [6, 6.07) is 10.2. The van der Waals surface area contributed by atoms with Crippen molar-refractivity contribution in [2.45, 2.75) is 19.3 Å². The predicted molar refractivity (Wildman–Crippen MR) is 112 cm³/mol. The minimum atomic E-state index is -0.336. The number of rotatable bonds is 6. The van der Waals surface area contributed by atoms with E-state index >= 15 is 0 Å². The maximum Gasteiger partial charge on any atom is 0.319 e. The summed E-state index contributed by atoms with van der Waals surface area (Å²) >= 11 is 12.0. The highest BCUT2D eigenvalue weighted by Crippen LogP contribution is 2.33. The number of nitrogens with one attached hydrogen (secondary N) is 2. The number of hydrogen-bond donors (Lipinski definition) is 2. The maximum absolute atomic E-state index is 12.2. The van der Waals surface area contributed by atoms with Crippen LogP contribution in [0, 0.1) is 0 Å². The molecule has 1 heterocycles. The predicted octanol–water partition coefficient (Wildman–Crippen LogP) is 4.49. The van der Waals surface area contributed by atoms with E-state index in [0.29, 0.717) is 53.1 Å². The molecule has 0 unspecified atom stereocenters. The van der Waals surface area contributed by atoms with Crippen LogP contribution in [0.1, 0.15) is 18.4 Å². The van der Waals surface area contributed by atoms with Crippen molar-refractivity contribution < 1.29 is 14.3 Å². The van der Waals surface area contributed by atoms with E-state index < -0.39 is 0 Å². The van der Waals surface area contributed by atoms with Crippen LogP contribution in [0.15, 0.2) is 36.4 Å². The minimum absolute atomic E-state index is 0.0811. The van der Waals surface area contributed by atoms with Gasteiger partial charge in [0.05, 0.1) is 12.8 Å². The monoisotopic (exact) mass is 421 g/mol. The second kappa shape index (κ2) is 9.17. The van der Waals surface area contributed by atoms with E-state index in [1.807, 2.05) is 6.07 Å². The van der Waals surface area contributed by atoms with Gasteiger partial charge in [0.2, 0.25) is 5.91 Å². The molecule has 148 valence electrons. The lowest BCUT2D eigenvalue weighted by Crippen LogP contribution is -2.30. The number of halogens is 2. The molecule has 0 spiro atoms. The van der Waals surface area contributed by atoms with Crippen LogP contribution in [0.4, 0.5) is 16.2 Å². The van der Waals surface area contributed by atoms with Crippen LogP contribution in [0.2, 0.25) is 10.0 Å². The van der Waals surface area contributed by atoms with Crippen LogP contribution in [0.5, 0.6) is 5.75 Å². The second-order valence-electron chi connectivity index (χ2n) is 6.40. The lowest BCUT2D eigenvalue weighted by Gasteiger charge is -2.19. The molecule has 1 aliphatic heterocycles. The molecule has 0 aromatic heterocycles. The summed E-state index contributed by atoms with van der Waals surface area (Å²) in [5.74, 6) is 0.624. The topological polar surface area (TPSA) is 70.7 Å². The van der Waals surface area contributed by atoms with Gasteiger partial charge in [-0.3, -0.25) is 4.79 Å².